The molecule has 19 heavy (non-hydrogen) atoms. The van der Waals surface area contributed by atoms with E-state index in [1.54, 1.807) is 6.07 Å². The predicted octanol–water partition coefficient (Wildman–Crippen LogP) is 1.03. The molecule has 0 aliphatic carbocycles. The van der Waals surface area contributed by atoms with Crippen LogP contribution in [0.2, 0.25) is 0 Å². The van der Waals surface area contributed by atoms with Crippen molar-refractivity contribution in [2.45, 2.75) is 24.2 Å². The van der Waals surface area contributed by atoms with E-state index in [4.69, 9.17) is 0 Å². The second kappa shape index (κ2) is 5.98. The highest BCUT2D eigenvalue weighted by Crippen LogP contribution is 2.19. The van der Waals surface area contributed by atoms with E-state index in [9.17, 15) is 17.9 Å². The summed E-state index contributed by atoms with van der Waals surface area (Å²) in [7, 11) is -2.96. The Morgan fingerprint density at radius 3 is 2.89 bits per heavy atom. The molecule has 1 fully saturated rings. The molecule has 0 amide bonds. The highest BCUT2D eigenvalue weighted by atomic mass is 32.2. The molecule has 0 spiro atoms. The van der Waals surface area contributed by atoms with E-state index in [0.29, 0.717) is 24.9 Å². The fourth-order valence-corrected chi connectivity index (χ4v) is 4.10. The normalized spacial score (nSPS) is 23.4. The van der Waals surface area contributed by atoms with Crippen LogP contribution in [0, 0.1) is 5.82 Å². The topological polar surface area (TPSA) is 66.4 Å². The van der Waals surface area contributed by atoms with Gasteiger partial charge in [-0.2, -0.15) is 0 Å². The van der Waals surface area contributed by atoms with Gasteiger partial charge in [0.25, 0.3) is 0 Å². The van der Waals surface area contributed by atoms with E-state index in [1.165, 1.54) is 18.2 Å². The lowest BCUT2D eigenvalue weighted by Gasteiger charge is -2.14. The summed E-state index contributed by atoms with van der Waals surface area (Å²) in [5.74, 6) is -0.138. The van der Waals surface area contributed by atoms with Gasteiger partial charge in [0.2, 0.25) is 0 Å². The van der Waals surface area contributed by atoms with Gasteiger partial charge in [0.05, 0.1) is 17.1 Å². The maximum Gasteiger partial charge on any atom is 0.154 e. The summed E-state index contributed by atoms with van der Waals surface area (Å²) >= 11 is 0. The van der Waals surface area contributed by atoms with Crippen molar-refractivity contribution in [1.82, 2.24) is 5.32 Å². The zero-order valence-corrected chi connectivity index (χ0v) is 11.4. The van der Waals surface area contributed by atoms with Gasteiger partial charge < -0.3 is 10.4 Å². The zero-order valence-electron chi connectivity index (χ0n) is 10.5. The molecule has 2 atom stereocenters. The first-order chi connectivity index (χ1) is 8.99. The Bertz CT molecular complexity index is 532. The molecular weight excluding hydrogens is 269 g/mol. The average Bonchev–Trinajstić information content (AvgIpc) is 2.69. The van der Waals surface area contributed by atoms with Gasteiger partial charge in [0.15, 0.2) is 9.84 Å². The van der Waals surface area contributed by atoms with E-state index in [-0.39, 0.29) is 17.5 Å². The summed E-state index contributed by atoms with van der Waals surface area (Å²) < 4.78 is 36.2. The van der Waals surface area contributed by atoms with Crippen molar-refractivity contribution in [3.63, 3.8) is 0 Å². The molecule has 2 N–H and O–H groups in total. The summed E-state index contributed by atoms with van der Waals surface area (Å²) in [4.78, 5) is 0. The fraction of sp³-hybridized carbons (Fsp3) is 0.538. The molecule has 1 aliphatic rings. The lowest BCUT2D eigenvalue weighted by Crippen LogP contribution is -2.33. The van der Waals surface area contributed by atoms with Crippen LogP contribution in [-0.4, -0.2) is 37.6 Å². The van der Waals surface area contributed by atoms with Gasteiger partial charge in [-0.1, -0.05) is 12.1 Å². The summed E-state index contributed by atoms with van der Waals surface area (Å²) in [6, 6.07) is 5.77. The number of aliphatic hydroxyl groups excluding tert-OH is 1. The van der Waals surface area contributed by atoms with Crippen molar-refractivity contribution >= 4 is 9.84 Å². The molecule has 1 aliphatic heterocycles. The van der Waals surface area contributed by atoms with Crippen molar-refractivity contribution in [2.75, 3.05) is 18.8 Å². The monoisotopic (exact) mass is 287 g/mol. The molecule has 6 heteroatoms. The van der Waals surface area contributed by atoms with Crippen LogP contribution in [0.15, 0.2) is 24.3 Å². The van der Waals surface area contributed by atoms with Crippen LogP contribution in [0.3, 0.4) is 0 Å². The largest absolute Gasteiger partial charge is 0.387 e. The van der Waals surface area contributed by atoms with Crippen molar-refractivity contribution in [3.8, 4) is 0 Å². The lowest BCUT2D eigenvalue weighted by molar-refractivity contribution is 0.174. The van der Waals surface area contributed by atoms with Gasteiger partial charge in [-0.05, 0) is 30.5 Å². The van der Waals surface area contributed by atoms with Gasteiger partial charge in [-0.15, -0.1) is 0 Å². The number of rotatable bonds is 5. The summed E-state index contributed by atoms with van der Waals surface area (Å²) in [5.41, 5.74) is 0.488. The Balaban J connectivity index is 1.83. The summed E-state index contributed by atoms with van der Waals surface area (Å²) in [6.45, 7) is 0.560. The molecule has 4 nitrogen and oxygen atoms in total. The number of hydrogen-bond donors (Lipinski definition) is 2. The molecule has 0 aromatic heterocycles. The summed E-state index contributed by atoms with van der Waals surface area (Å²) in [5, 5.41) is 12.5. The number of hydrogen-bond acceptors (Lipinski definition) is 4. The molecule has 0 bridgehead atoms. The second-order valence-corrected chi connectivity index (χ2v) is 7.26. The van der Waals surface area contributed by atoms with Gasteiger partial charge >= 0.3 is 0 Å². The van der Waals surface area contributed by atoms with Gasteiger partial charge in [-0.3, -0.25) is 0 Å². The fourth-order valence-electron chi connectivity index (χ4n) is 2.30. The van der Waals surface area contributed by atoms with E-state index in [2.05, 4.69) is 5.32 Å². The van der Waals surface area contributed by atoms with Gasteiger partial charge in [-0.25, -0.2) is 12.8 Å². The highest BCUT2D eigenvalue weighted by Gasteiger charge is 2.30. The van der Waals surface area contributed by atoms with Gasteiger partial charge in [0.1, 0.15) is 5.82 Å². The van der Waals surface area contributed by atoms with E-state index in [1.807, 2.05) is 0 Å². The quantitative estimate of drug-likeness (QED) is 0.849. The lowest BCUT2D eigenvalue weighted by atomic mass is 10.1. The third-order valence-corrected chi connectivity index (χ3v) is 5.68. The number of halogens is 1. The van der Waals surface area contributed by atoms with Crippen LogP contribution in [0.1, 0.15) is 24.5 Å². The zero-order chi connectivity index (χ0) is 13.9. The molecule has 1 saturated heterocycles. The Morgan fingerprint density at radius 1 is 1.47 bits per heavy atom. The molecule has 106 valence electrons. The van der Waals surface area contributed by atoms with Crippen molar-refractivity contribution in [2.24, 2.45) is 0 Å². The van der Waals surface area contributed by atoms with E-state index < -0.39 is 21.8 Å². The van der Waals surface area contributed by atoms with Crippen molar-refractivity contribution in [3.05, 3.63) is 35.6 Å². The minimum Gasteiger partial charge on any atom is -0.387 e. The Hall–Kier alpha value is -0.980. The average molecular weight is 287 g/mol. The first-order valence-corrected chi connectivity index (χ1v) is 8.06. The van der Waals surface area contributed by atoms with Crippen LogP contribution >= 0.6 is 0 Å². The minimum absolute atomic E-state index is 0.218. The second-order valence-electron chi connectivity index (χ2n) is 4.86. The van der Waals surface area contributed by atoms with Gasteiger partial charge in [0, 0.05) is 13.1 Å². The standard InChI is InChI=1S/C13H18FNO3S/c14-11-4-1-3-10(7-11)13(16)9-15-8-12-5-2-6-19(12,17)18/h1,3-4,7,12-13,15-16H,2,5-6,8-9H2. The molecular formula is C13H18FNO3S. The maximum atomic E-state index is 13.0. The molecule has 2 rings (SSSR count). The molecule has 0 saturated carbocycles. The molecule has 1 aromatic carbocycles. The van der Waals surface area contributed by atoms with Crippen LogP contribution in [-0.2, 0) is 9.84 Å². The first-order valence-electron chi connectivity index (χ1n) is 6.35. The third-order valence-electron chi connectivity index (χ3n) is 3.41. The van der Waals surface area contributed by atoms with Crippen LogP contribution in [0.25, 0.3) is 0 Å². The molecule has 2 unspecified atom stereocenters. The maximum absolute atomic E-state index is 13.0. The number of aliphatic hydroxyl groups is 1. The van der Waals surface area contributed by atoms with Crippen molar-refractivity contribution in [1.29, 1.82) is 0 Å². The molecule has 1 aromatic rings. The Morgan fingerprint density at radius 2 is 2.26 bits per heavy atom. The van der Waals surface area contributed by atoms with Crippen LogP contribution in [0.4, 0.5) is 4.39 Å². The minimum atomic E-state index is -2.96. The van der Waals surface area contributed by atoms with Crippen molar-refractivity contribution < 1.29 is 17.9 Å². The number of nitrogens with one attached hydrogen (secondary N) is 1. The van der Waals surface area contributed by atoms with Crippen LogP contribution in [0.5, 0.6) is 0 Å². The van der Waals surface area contributed by atoms with E-state index >= 15 is 0 Å². The smallest absolute Gasteiger partial charge is 0.154 e. The Labute approximate surface area is 112 Å². The molecule has 0 radical (unpaired) electrons. The van der Waals surface area contributed by atoms with Crippen LogP contribution < -0.4 is 5.32 Å². The predicted molar refractivity (Wildman–Crippen MR) is 71.0 cm³/mol. The highest BCUT2D eigenvalue weighted by molar-refractivity contribution is 7.92. The summed E-state index contributed by atoms with van der Waals surface area (Å²) in [6.07, 6.45) is 0.548. The molecule has 1 heterocycles. The number of benzene rings is 1. The first kappa shape index (κ1) is 14.4. The SMILES string of the molecule is O=S1(=O)CCCC1CNCC(O)c1cccc(F)c1. The van der Waals surface area contributed by atoms with E-state index in [0.717, 1.165) is 0 Å². The number of sulfone groups is 1. The third kappa shape index (κ3) is 3.75. The Kier molecular flexibility index (Phi) is 4.54.